The van der Waals surface area contributed by atoms with E-state index in [0.29, 0.717) is 0 Å². The number of aryl methyl sites for hydroxylation is 1. The zero-order valence-electron chi connectivity index (χ0n) is 12.6. The van der Waals surface area contributed by atoms with E-state index < -0.39 is 0 Å². The number of thiazole rings is 2. The molecule has 0 unspecified atom stereocenters. The number of benzene rings is 1. The van der Waals surface area contributed by atoms with Gasteiger partial charge < -0.3 is 5.32 Å². The van der Waals surface area contributed by atoms with Crippen LogP contribution in [0, 0.1) is 6.92 Å². The molecule has 0 aliphatic rings. The normalized spacial score (nSPS) is 11.2. The molecule has 23 heavy (non-hydrogen) atoms. The van der Waals surface area contributed by atoms with Gasteiger partial charge in [-0.15, -0.1) is 34.4 Å². The Morgan fingerprint density at radius 3 is 2.74 bits per heavy atom. The number of nitrogens with zero attached hydrogens (tertiary/aromatic N) is 3. The third kappa shape index (κ3) is 2.75. The summed E-state index contributed by atoms with van der Waals surface area (Å²) in [5.41, 5.74) is 4.09. The van der Waals surface area contributed by atoms with E-state index in [1.807, 2.05) is 18.5 Å². The molecule has 0 aliphatic heterocycles. The molecule has 0 saturated carbocycles. The summed E-state index contributed by atoms with van der Waals surface area (Å²) in [4.78, 5) is 11.6. The minimum Gasteiger partial charge on any atom is -0.332 e. The van der Waals surface area contributed by atoms with E-state index in [9.17, 15) is 0 Å². The number of rotatable bonds is 4. The van der Waals surface area contributed by atoms with Gasteiger partial charge in [-0.3, -0.25) is 4.40 Å². The summed E-state index contributed by atoms with van der Waals surface area (Å²) >= 11 is 4.99. The number of hydrogen-bond donors (Lipinski definition) is 1. The molecule has 1 N–H and O–H groups in total. The molecule has 0 saturated heterocycles. The first-order valence-electron chi connectivity index (χ1n) is 7.04. The number of imidazole rings is 1. The van der Waals surface area contributed by atoms with Gasteiger partial charge in [0.25, 0.3) is 0 Å². The maximum absolute atomic E-state index is 4.73. The lowest BCUT2D eigenvalue weighted by atomic mass is 10.3. The lowest BCUT2D eigenvalue weighted by molar-refractivity contribution is 1.20. The Morgan fingerprint density at radius 1 is 1.13 bits per heavy atom. The van der Waals surface area contributed by atoms with Crippen LogP contribution >= 0.6 is 34.4 Å². The summed E-state index contributed by atoms with van der Waals surface area (Å²) in [6.07, 6.45) is 4.12. The first kappa shape index (κ1) is 14.7. The first-order chi connectivity index (χ1) is 11.2. The van der Waals surface area contributed by atoms with Gasteiger partial charge in [-0.25, -0.2) is 9.97 Å². The number of nitrogens with one attached hydrogen (secondary N) is 1. The molecule has 116 valence electrons. The highest BCUT2D eigenvalue weighted by Crippen LogP contribution is 2.31. The fourth-order valence-corrected chi connectivity index (χ4v) is 4.32. The molecule has 3 aromatic heterocycles. The van der Waals surface area contributed by atoms with Crippen LogP contribution in [0.1, 0.15) is 5.69 Å². The number of anilines is 2. The topological polar surface area (TPSA) is 42.2 Å². The van der Waals surface area contributed by atoms with Crippen molar-refractivity contribution in [1.82, 2.24) is 14.4 Å². The van der Waals surface area contributed by atoms with Gasteiger partial charge in [0.15, 0.2) is 10.1 Å². The van der Waals surface area contributed by atoms with Crippen molar-refractivity contribution >= 4 is 50.2 Å². The van der Waals surface area contributed by atoms with Gasteiger partial charge in [0.05, 0.1) is 11.4 Å². The van der Waals surface area contributed by atoms with E-state index in [4.69, 9.17) is 4.98 Å². The van der Waals surface area contributed by atoms with Crippen LogP contribution in [0.2, 0.25) is 0 Å². The highest BCUT2D eigenvalue weighted by Gasteiger charge is 2.14. The van der Waals surface area contributed by atoms with E-state index in [-0.39, 0.29) is 0 Å². The molecule has 4 rings (SSSR count). The fraction of sp³-hybridized carbons (Fsp3) is 0.125. The molecule has 0 aliphatic carbocycles. The zero-order valence-corrected chi connectivity index (χ0v) is 15.1. The van der Waals surface area contributed by atoms with Crippen LogP contribution in [0.4, 0.5) is 10.8 Å². The molecule has 0 fully saturated rings. The van der Waals surface area contributed by atoms with Crippen molar-refractivity contribution in [2.45, 2.75) is 11.8 Å². The van der Waals surface area contributed by atoms with Crippen LogP contribution < -0.4 is 5.32 Å². The molecule has 7 heteroatoms. The predicted octanol–water partition coefficient (Wildman–Crippen LogP) is 5.29. The van der Waals surface area contributed by atoms with Gasteiger partial charge >= 0.3 is 0 Å². The zero-order chi connectivity index (χ0) is 15.8. The smallest absolute Gasteiger partial charge is 0.194 e. The highest BCUT2D eigenvalue weighted by atomic mass is 32.2. The van der Waals surface area contributed by atoms with Crippen LogP contribution in [-0.4, -0.2) is 20.6 Å². The van der Waals surface area contributed by atoms with Gasteiger partial charge in [-0.2, -0.15) is 0 Å². The molecule has 0 amide bonds. The maximum Gasteiger partial charge on any atom is 0.194 e. The van der Waals surface area contributed by atoms with E-state index in [0.717, 1.165) is 32.9 Å². The molecule has 0 bridgehead atoms. The summed E-state index contributed by atoms with van der Waals surface area (Å²) < 4.78 is 2.10. The number of thioether (sulfide) groups is 1. The second-order valence-electron chi connectivity index (χ2n) is 4.99. The first-order valence-corrected chi connectivity index (χ1v) is 10.0. The third-order valence-corrected chi connectivity index (χ3v) is 5.78. The molecular formula is C16H14N4S3. The van der Waals surface area contributed by atoms with Crippen LogP contribution in [0.25, 0.3) is 16.3 Å². The van der Waals surface area contributed by atoms with Crippen molar-refractivity contribution in [3.8, 4) is 11.4 Å². The van der Waals surface area contributed by atoms with Crippen molar-refractivity contribution in [3.05, 3.63) is 46.9 Å². The second-order valence-corrected chi connectivity index (χ2v) is 7.60. The molecule has 3 heterocycles. The van der Waals surface area contributed by atoms with Crippen molar-refractivity contribution < 1.29 is 0 Å². The van der Waals surface area contributed by atoms with Gasteiger partial charge in [0, 0.05) is 27.5 Å². The largest absolute Gasteiger partial charge is 0.332 e. The highest BCUT2D eigenvalue weighted by molar-refractivity contribution is 7.98. The van der Waals surface area contributed by atoms with E-state index in [2.05, 4.69) is 50.6 Å². The summed E-state index contributed by atoms with van der Waals surface area (Å²) in [6, 6.07) is 8.37. The Bertz CT molecular complexity index is 949. The average Bonchev–Trinajstić information content (AvgIpc) is 3.24. The molecule has 0 spiro atoms. The van der Waals surface area contributed by atoms with E-state index in [1.54, 1.807) is 34.4 Å². The van der Waals surface area contributed by atoms with E-state index in [1.165, 1.54) is 4.90 Å². The Balaban J connectivity index is 1.63. The number of aromatic nitrogens is 3. The average molecular weight is 359 g/mol. The molecule has 0 radical (unpaired) electrons. The third-order valence-electron chi connectivity index (χ3n) is 3.52. The van der Waals surface area contributed by atoms with Crippen LogP contribution in [-0.2, 0) is 0 Å². The van der Waals surface area contributed by atoms with Gasteiger partial charge in [0.2, 0.25) is 0 Å². The molecule has 0 atom stereocenters. The number of hydrogen-bond acceptors (Lipinski definition) is 6. The minimum absolute atomic E-state index is 0.890. The Kier molecular flexibility index (Phi) is 3.84. The van der Waals surface area contributed by atoms with Crippen LogP contribution in [0.3, 0.4) is 0 Å². The van der Waals surface area contributed by atoms with Gasteiger partial charge in [-0.05, 0) is 37.4 Å². The fourth-order valence-electron chi connectivity index (χ4n) is 2.44. The monoisotopic (exact) mass is 358 g/mol. The Morgan fingerprint density at radius 2 is 1.96 bits per heavy atom. The predicted molar refractivity (Wildman–Crippen MR) is 100 cm³/mol. The van der Waals surface area contributed by atoms with Crippen molar-refractivity contribution in [3.63, 3.8) is 0 Å². The SMILES string of the molecule is CSc1ccc(Nc2nc(-c3c(C)nc4sccn34)cs2)cc1. The summed E-state index contributed by atoms with van der Waals surface area (Å²) in [6.45, 7) is 2.03. The lowest BCUT2D eigenvalue weighted by Crippen LogP contribution is -1.91. The van der Waals surface area contributed by atoms with Gasteiger partial charge in [0.1, 0.15) is 5.69 Å². The summed E-state index contributed by atoms with van der Waals surface area (Å²) in [5.74, 6) is 0. The van der Waals surface area contributed by atoms with Crippen molar-refractivity contribution in [1.29, 1.82) is 0 Å². The Labute approximate surface area is 146 Å². The molecule has 4 nitrogen and oxygen atoms in total. The standard InChI is InChI=1S/C16H14N4S3/c1-10-14(20-7-8-22-16(20)17-10)13-9-23-15(19-13)18-11-3-5-12(21-2)6-4-11/h3-9H,1-2H3,(H,18,19). The maximum atomic E-state index is 4.73. The quantitative estimate of drug-likeness (QED) is 0.503. The summed E-state index contributed by atoms with van der Waals surface area (Å²) in [7, 11) is 0. The Hall–Kier alpha value is -1.83. The second kappa shape index (κ2) is 5.99. The summed E-state index contributed by atoms with van der Waals surface area (Å²) in [5, 5.41) is 8.38. The molecular weight excluding hydrogens is 344 g/mol. The van der Waals surface area contributed by atoms with Crippen molar-refractivity contribution in [2.24, 2.45) is 0 Å². The molecule has 1 aromatic carbocycles. The van der Waals surface area contributed by atoms with Crippen molar-refractivity contribution in [2.75, 3.05) is 11.6 Å². The number of fused-ring (bicyclic) bond motifs is 1. The minimum atomic E-state index is 0.890. The van der Waals surface area contributed by atoms with E-state index >= 15 is 0 Å². The van der Waals surface area contributed by atoms with Gasteiger partial charge in [-0.1, -0.05) is 0 Å². The van der Waals surface area contributed by atoms with Crippen LogP contribution in [0.5, 0.6) is 0 Å². The lowest BCUT2D eigenvalue weighted by Gasteiger charge is -2.03. The molecule has 4 aromatic rings. The van der Waals surface area contributed by atoms with Crippen LogP contribution in [0.15, 0.2) is 46.1 Å².